The van der Waals surface area contributed by atoms with Crippen molar-refractivity contribution in [3.8, 4) is 5.75 Å². The van der Waals surface area contributed by atoms with Gasteiger partial charge in [-0.1, -0.05) is 12.1 Å². The minimum absolute atomic E-state index is 0.00379. The fraction of sp³-hybridized carbons (Fsp3) is 0.462. The third-order valence-corrected chi connectivity index (χ3v) is 2.13. The molecule has 0 aliphatic carbocycles. The Hall–Kier alpha value is -1.59. The number of amides is 1. The van der Waals surface area contributed by atoms with E-state index in [2.05, 4.69) is 5.32 Å². The lowest BCUT2D eigenvalue weighted by Gasteiger charge is -2.11. The van der Waals surface area contributed by atoms with E-state index in [1.807, 2.05) is 25.1 Å². The number of benzene rings is 1. The highest BCUT2D eigenvalue weighted by Crippen LogP contribution is 2.23. The van der Waals surface area contributed by atoms with Crippen LogP contribution >= 0.6 is 0 Å². The maximum atomic E-state index is 11.6. The van der Waals surface area contributed by atoms with Crippen molar-refractivity contribution < 1.29 is 19.0 Å². The Labute approximate surface area is 107 Å². The van der Waals surface area contributed by atoms with E-state index in [4.69, 9.17) is 14.2 Å². The Balaban J connectivity index is 2.43. The van der Waals surface area contributed by atoms with Crippen molar-refractivity contribution in [1.29, 1.82) is 0 Å². The highest BCUT2D eigenvalue weighted by molar-refractivity contribution is 5.93. The molecule has 1 amide bonds. The zero-order valence-corrected chi connectivity index (χ0v) is 10.8. The number of hydrogen-bond donors (Lipinski definition) is 1. The molecule has 1 aromatic carbocycles. The van der Waals surface area contributed by atoms with Crippen LogP contribution in [0.4, 0.5) is 5.69 Å². The molecule has 0 spiro atoms. The van der Waals surface area contributed by atoms with E-state index in [0.717, 1.165) is 0 Å². The Kier molecular flexibility index (Phi) is 6.83. The van der Waals surface area contributed by atoms with E-state index in [0.29, 0.717) is 31.3 Å². The largest absolute Gasteiger partial charge is 0.492 e. The van der Waals surface area contributed by atoms with Gasteiger partial charge in [0.15, 0.2) is 0 Å². The summed E-state index contributed by atoms with van der Waals surface area (Å²) in [6.45, 7) is 3.33. The second-order valence-corrected chi connectivity index (χ2v) is 3.52. The molecule has 18 heavy (non-hydrogen) atoms. The number of para-hydroxylation sites is 2. The van der Waals surface area contributed by atoms with Crippen LogP contribution < -0.4 is 10.1 Å². The molecule has 0 bridgehead atoms. The lowest BCUT2D eigenvalue weighted by atomic mass is 10.3. The number of hydrogen-bond acceptors (Lipinski definition) is 4. The molecule has 0 saturated carbocycles. The molecule has 1 rings (SSSR count). The van der Waals surface area contributed by atoms with Gasteiger partial charge >= 0.3 is 0 Å². The molecule has 100 valence electrons. The van der Waals surface area contributed by atoms with Crippen LogP contribution in [0, 0.1) is 0 Å². The zero-order chi connectivity index (χ0) is 13.2. The van der Waals surface area contributed by atoms with E-state index in [1.165, 1.54) is 0 Å². The molecular weight excluding hydrogens is 234 g/mol. The summed E-state index contributed by atoms with van der Waals surface area (Å²) < 4.78 is 15.4. The smallest absolute Gasteiger partial charge is 0.250 e. The van der Waals surface area contributed by atoms with Crippen LogP contribution in [0.25, 0.3) is 0 Å². The topological polar surface area (TPSA) is 56.8 Å². The van der Waals surface area contributed by atoms with Gasteiger partial charge in [-0.05, 0) is 19.1 Å². The molecule has 1 N–H and O–H groups in total. The number of ether oxygens (including phenoxy) is 3. The molecule has 0 aromatic heterocycles. The van der Waals surface area contributed by atoms with Gasteiger partial charge in [0.2, 0.25) is 5.91 Å². The van der Waals surface area contributed by atoms with Crippen molar-refractivity contribution in [2.75, 3.05) is 38.9 Å². The monoisotopic (exact) mass is 253 g/mol. The van der Waals surface area contributed by atoms with Crippen molar-refractivity contribution in [1.82, 2.24) is 0 Å². The average Bonchev–Trinajstić information content (AvgIpc) is 2.37. The molecule has 0 heterocycles. The first-order chi connectivity index (χ1) is 8.77. The third kappa shape index (κ3) is 5.16. The molecule has 5 nitrogen and oxygen atoms in total. The zero-order valence-electron chi connectivity index (χ0n) is 10.8. The van der Waals surface area contributed by atoms with Gasteiger partial charge in [0.05, 0.1) is 25.5 Å². The number of rotatable bonds is 8. The average molecular weight is 253 g/mol. The maximum absolute atomic E-state index is 11.6. The molecular formula is C13H19NO4. The summed E-state index contributed by atoms with van der Waals surface area (Å²) in [5, 5.41) is 2.74. The number of methoxy groups -OCH3 is 1. The summed E-state index contributed by atoms with van der Waals surface area (Å²) in [6.07, 6.45) is 0. The lowest BCUT2D eigenvalue weighted by Crippen LogP contribution is -2.20. The van der Waals surface area contributed by atoms with Gasteiger partial charge in [0.1, 0.15) is 12.4 Å². The number of carbonyl (C=O) groups excluding carboxylic acids is 1. The van der Waals surface area contributed by atoms with Gasteiger partial charge < -0.3 is 19.5 Å². The molecule has 1 aromatic rings. The quantitative estimate of drug-likeness (QED) is 0.716. The van der Waals surface area contributed by atoms with Crippen LogP contribution in [0.5, 0.6) is 5.75 Å². The summed E-state index contributed by atoms with van der Waals surface area (Å²) in [4.78, 5) is 11.6. The predicted octanol–water partition coefficient (Wildman–Crippen LogP) is 1.69. The first-order valence-corrected chi connectivity index (χ1v) is 5.86. The molecule has 0 radical (unpaired) electrons. The van der Waals surface area contributed by atoms with Crippen molar-refractivity contribution in [2.45, 2.75) is 6.92 Å². The standard InChI is InChI=1S/C13H19NO4/c1-3-18-12-7-5-4-6-11(12)14-13(15)10-17-9-8-16-2/h4-7H,3,8-10H2,1-2H3,(H,14,15). The Bertz CT molecular complexity index is 368. The fourth-order valence-corrected chi connectivity index (χ4v) is 1.34. The molecule has 0 aliphatic heterocycles. The van der Waals surface area contributed by atoms with Crippen molar-refractivity contribution in [3.63, 3.8) is 0 Å². The highest BCUT2D eigenvalue weighted by atomic mass is 16.5. The summed E-state index contributed by atoms with van der Waals surface area (Å²) in [5.74, 6) is 0.448. The number of carbonyl (C=O) groups is 1. The van der Waals surface area contributed by atoms with E-state index in [-0.39, 0.29) is 12.5 Å². The SMILES string of the molecule is CCOc1ccccc1NC(=O)COCCOC. The second kappa shape index (κ2) is 8.49. The fourth-order valence-electron chi connectivity index (χ4n) is 1.34. The normalized spacial score (nSPS) is 10.1. The Morgan fingerprint density at radius 1 is 1.28 bits per heavy atom. The molecule has 0 fully saturated rings. The van der Waals surface area contributed by atoms with E-state index >= 15 is 0 Å². The van der Waals surface area contributed by atoms with Crippen LogP contribution in [-0.4, -0.2) is 39.4 Å². The van der Waals surface area contributed by atoms with Gasteiger partial charge in [0.25, 0.3) is 0 Å². The number of nitrogens with one attached hydrogen (secondary N) is 1. The van der Waals surface area contributed by atoms with Gasteiger partial charge in [0, 0.05) is 7.11 Å². The van der Waals surface area contributed by atoms with E-state index < -0.39 is 0 Å². The summed E-state index contributed by atoms with van der Waals surface area (Å²) >= 11 is 0. The third-order valence-electron chi connectivity index (χ3n) is 2.13. The number of anilines is 1. The minimum atomic E-state index is -0.210. The van der Waals surface area contributed by atoms with Crippen LogP contribution in [0.15, 0.2) is 24.3 Å². The molecule has 0 atom stereocenters. The van der Waals surface area contributed by atoms with Crippen LogP contribution in [0.2, 0.25) is 0 Å². The summed E-state index contributed by atoms with van der Waals surface area (Å²) in [6, 6.07) is 7.29. The first kappa shape index (κ1) is 14.5. The summed E-state index contributed by atoms with van der Waals surface area (Å²) in [7, 11) is 1.59. The lowest BCUT2D eigenvalue weighted by molar-refractivity contribution is -0.121. The van der Waals surface area contributed by atoms with E-state index in [9.17, 15) is 4.79 Å². The van der Waals surface area contributed by atoms with Gasteiger partial charge in [-0.3, -0.25) is 4.79 Å². The van der Waals surface area contributed by atoms with E-state index in [1.54, 1.807) is 13.2 Å². The summed E-state index contributed by atoms with van der Waals surface area (Å²) in [5.41, 5.74) is 0.652. The van der Waals surface area contributed by atoms with Crippen LogP contribution in [0.1, 0.15) is 6.92 Å². The first-order valence-electron chi connectivity index (χ1n) is 5.86. The maximum Gasteiger partial charge on any atom is 0.250 e. The van der Waals surface area contributed by atoms with Gasteiger partial charge in [-0.2, -0.15) is 0 Å². The van der Waals surface area contributed by atoms with Crippen molar-refractivity contribution in [3.05, 3.63) is 24.3 Å². The molecule has 5 heteroatoms. The molecule has 0 saturated heterocycles. The van der Waals surface area contributed by atoms with Crippen LogP contribution in [-0.2, 0) is 14.3 Å². The Morgan fingerprint density at radius 3 is 2.78 bits per heavy atom. The molecule has 0 unspecified atom stereocenters. The van der Waals surface area contributed by atoms with Crippen molar-refractivity contribution in [2.24, 2.45) is 0 Å². The molecule has 0 aliphatic rings. The van der Waals surface area contributed by atoms with Crippen LogP contribution in [0.3, 0.4) is 0 Å². The highest BCUT2D eigenvalue weighted by Gasteiger charge is 2.06. The van der Waals surface area contributed by atoms with Crippen molar-refractivity contribution >= 4 is 11.6 Å². The second-order valence-electron chi connectivity index (χ2n) is 3.52. The Morgan fingerprint density at radius 2 is 2.06 bits per heavy atom. The minimum Gasteiger partial charge on any atom is -0.492 e. The van der Waals surface area contributed by atoms with Gasteiger partial charge in [-0.15, -0.1) is 0 Å². The predicted molar refractivity (Wildman–Crippen MR) is 68.9 cm³/mol. The van der Waals surface area contributed by atoms with Gasteiger partial charge in [-0.25, -0.2) is 0 Å².